The Morgan fingerprint density at radius 1 is 1.33 bits per heavy atom. The highest BCUT2D eigenvalue weighted by Gasteiger charge is 2.34. The first-order valence-corrected chi connectivity index (χ1v) is 6.97. The highest BCUT2D eigenvalue weighted by molar-refractivity contribution is 9.10. The topological polar surface area (TPSA) is 52.0 Å². The molecule has 1 saturated carbocycles. The van der Waals surface area contributed by atoms with Gasteiger partial charge in [0, 0.05) is 10.4 Å². The van der Waals surface area contributed by atoms with Crippen molar-refractivity contribution in [2.75, 3.05) is 5.73 Å². The van der Waals surface area contributed by atoms with Crippen LogP contribution in [0.25, 0.3) is 11.1 Å². The van der Waals surface area contributed by atoms with Crippen molar-refractivity contribution >= 4 is 21.7 Å². The van der Waals surface area contributed by atoms with E-state index in [1.165, 1.54) is 12.8 Å². The summed E-state index contributed by atoms with van der Waals surface area (Å²) in [6.07, 6.45) is 2.56. The molecule has 1 unspecified atom stereocenters. The van der Waals surface area contributed by atoms with Crippen LogP contribution >= 0.6 is 15.9 Å². The molecule has 1 aromatic carbocycles. The molecule has 1 aliphatic carbocycles. The van der Waals surface area contributed by atoms with E-state index in [0.717, 1.165) is 27.3 Å². The number of nitrogens with zero attached hydrogens (tertiary/aromatic N) is 1. The van der Waals surface area contributed by atoms with Gasteiger partial charge in [0.2, 0.25) is 0 Å². The summed E-state index contributed by atoms with van der Waals surface area (Å²) in [5, 5.41) is 3.94. The molecule has 1 atom stereocenters. The van der Waals surface area contributed by atoms with Crippen LogP contribution in [-0.4, -0.2) is 5.16 Å². The zero-order valence-corrected chi connectivity index (χ0v) is 11.8. The van der Waals surface area contributed by atoms with Crippen LogP contribution in [0.5, 0.6) is 0 Å². The molecule has 0 spiro atoms. The molecule has 1 aromatic heterocycles. The first-order valence-electron chi connectivity index (χ1n) is 6.18. The van der Waals surface area contributed by atoms with Crippen molar-refractivity contribution in [3.8, 4) is 11.1 Å². The van der Waals surface area contributed by atoms with Gasteiger partial charge in [-0.15, -0.1) is 0 Å². The molecule has 1 fully saturated rings. The fraction of sp³-hybridized carbons (Fsp3) is 0.357. The molecule has 2 N–H and O–H groups in total. The Kier molecular flexibility index (Phi) is 2.90. The number of halogens is 1. The van der Waals surface area contributed by atoms with Gasteiger partial charge < -0.3 is 10.3 Å². The highest BCUT2D eigenvalue weighted by atomic mass is 79.9. The monoisotopic (exact) mass is 306 g/mol. The highest BCUT2D eigenvalue weighted by Crippen LogP contribution is 2.46. The fourth-order valence-corrected chi connectivity index (χ4v) is 2.61. The van der Waals surface area contributed by atoms with Crippen LogP contribution in [0.1, 0.15) is 31.4 Å². The van der Waals surface area contributed by atoms with Crippen LogP contribution in [-0.2, 0) is 0 Å². The number of hydrogen-bond donors (Lipinski definition) is 1. The molecule has 94 valence electrons. The van der Waals surface area contributed by atoms with Crippen molar-refractivity contribution in [1.82, 2.24) is 5.16 Å². The van der Waals surface area contributed by atoms with Gasteiger partial charge in [-0.2, -0.15) is 0 Å². The third-order valence-electron chi connectivity index (χ3n) is 3.62. The number of benzene rings is 1. The Hall–Kier alpha value is -1.29. The lowest BCUT2D eigenvalue weighted by Crippen LogP contribution is -1.97. The average molecular weight is 307 g/mol. The number of rotatable bonds is 3. The molecular formula is C14H15BrN2O. The molecule has 18 heavy (non-hydrogen) atoms. The Bertz CT molecular complexity index is 558. The summed E-state index contributed by atoms with van der Waals surface area (Å²) in [5.74, 6) is 2.54. The second kappa shape index (κ2) is 4.43. The van der Waals surface area contributed by atoms with Crippen molar-refractivity contribution in [1.29, 1.82) is 0 Å². The summed E-state index contributed by atoms with van der Waals surface area (Å²) in [6.45, 7) is 2.19. The second-order valence-corrected chi connectivity index (χ2v) is 5.86. The van der Waals surface area contributed by atoms with E-state index in [4.69, 9.17) is 10.3 Å². The number of nitrogen functional groups attached to an aromatic ring is 1. The molecule has 1 aliphatic rings. The van der Waals surface area contributed by atoms with E-state index in [9.17, 15) is 0 Å². The van der Waals surface area contributed by atoms with Gasteiger partial charge in [-0.05, 0) is 36.5 Å². The summed E-state index contributed by atoms with van der Waals surface area (Å²) in [7, 11) is 0. The smallest absolute Gasteiger partial charge is 0.175 e. The molecule has 3 nitrogen and oxygen atoms in total. The van der Waals surface area contributed by atoms with Gasteiger partial charge >= 0.3 is 0 Å². The van der Waals surface area contributed by atoms with Crippen molar-refractivity contribution in [3.63, 3.8) is 0 Å². The Morgan fingerprint density at radius 2 is 2.00 bits per heavy atom. The lowest BCUT2D eigenvalue weighted by Gasteiger charge is -2.08. The minimum atomic E-state index is 0.397. The largest absolute Gasteiger partial charge is 0.380 e. The predicted molar refractivity (Wildman–Crippen MR) is 75.2 cm³/mol. The van der Waals surface area contributed by atoms with Gasteiger partial charge in [-0.25, -0.2) is 0 Å². The minimum Gasteiger partial charge on any atom is -0.380 e. The summed E-state index contributed by atoms with van der Waals surface area (Å²) < 4.78 is 6.51. The van der Waals surface area contributed by atoms with Gasteiger partial charge in [0.15, 0.2) is 5.82 Å². The maximum absolute atomic E-state index is 5.95. The quantitative estimate of drug-likeness (QED) is 0.924. The van der Waals surface area contributed by atoms with Gasteiger partial charge in [0.05, 0.1) is 5.56 Å². The molecule has 2 aromatic rings. The molecule has 0 saturated heterocycles. The fourth-order valence-electron chi connectivity index (χ4n) is 2.34. The molecular weight excluding hydrogens is 292 g/mol. The molecule has 1 heterocycles. The van der Waals surface area contributed by atoms with Gasteiger partial charge in [0.1, 0.15) is 5.76 Å². The summed E-state index contributed by atoms with van der Waals surface area (Å²) in [6, 6.07) is 8.09. The van der Waals surface area contributed by atoms with Crippen LogP contribution in [0.2, 0.25) is 0 Å². The van der Waals surface area contributed by atoms with E-state index in [1.54, 1.807) is 0 Å². The van der Waals surface area contributed by atoms with Crippen molar-refractivity contribution in [2.45, 2.75) is 25.7 Å². The van der Waals surface area contributed by atoms with E-state index < -0.39 is 0 Å². The van der Waals surface area contributed by atoms with E-state index in [0.29, 0.717) is 11.7 Å². The van der Waals surface area contributed by atoms with Crippen LogP contribution in [0.4, 0.5) is 5.82 Å². The molecule has 4 heteroatoms. The molecule has 0 bridgehead atoms. The lowest BCUT2D eigenvalue weighted by molar-refractivity contribution is 0.358. The maximum atomic E-state index is 5.95. The standard InChI is InChI=1S/C14H15BrN2O/c1-8(9-2-3-9)13-12(14(16)17-18-13)10-4-6-11(15)7-5-10/h4-9H,2-3H2,1H3,(H2,16,17). The zero-order chi connectivity index (χ0) is 12.7. The first kappa shape index (κ1) is 11.8. The average Bonchev–Trinajstić information content (AvgIpc) is 3.14. The summed E-state index contributed by atoms with van der Waals surface area (Å²) >= 11 is 3.44. The Morgan fingerprint density at radius 3 is 2.61 bits per heavy atom. The molecule has 0 radical (unpaired) electrons. The summed E-state index contributed by atoms with van der Waals surface area (Å²) in [5.41, 5.74) is 7.98. The molecule has 0 aliphatic heterocycles. The number of nitrogens with two attached hydrogens (primary N) is 1. The molecule has 3 rings (SSSR count). The minimum absolute atomic E-state index is 0.397. The lowest BCUT2D eigenvalue weighted by atomic mass is 9.95. The van der Waals surface area contributed by atoms with Gasteiger partial charge in [-0.3, -0.25) is 0 Å². The van der Waals surface area contributed by atoms with E-state index in [1.807, 2.05) is 24.3 Å². The third kappa shape index (κ3) is 2.05. The van der Waals surface area contributed by atoms with E-state index >= 15 is 0 Å². The number of hydrogen-bond acceptors (Lipinski definition) is 3. The Balaban J connectivity index is 2.04. The van der Waals surface area contributed by atoms with Crippen LogP contribution in [0.15, 0.2) is 33.3 Å². The number of anilines is 1. The normalized spacial score (nSPS) is 16.8. The predicted octanol–water partition coefficient (Wildman–Crippen LogP) is 4.20. The maximum Gasteiger partial charge on any atom is 0.175 e. The third-order valence-corrected chi connectivity index (χ3v) is 4.15. The SMILES string of the molecule is CC(c1onc(N)c1-c1ccc(Br)cc1)C1CC1. The summed E-state index contributed by atoms with van der Waals surface area (Å²) in [4.78, 5) is 0. The second-order valence-electron chi connectivity index (χ2n) is 4.94. The van der Waals surface area contributed by atoms with Crippen molar-refractivity contribution < 1.29 is 4.52 Å². The van der Waals surface area contributed by atoms with Crippen LogP contribution in [0, 0.1) is 5.92 Å². The van der Waals surface area contributed by atoms with Gasteiger partial charge in [-0.1, -0.05) is 40.1 Å². The Labute approximate surface area is 114 Å². The first-order chi connectivity index (χ1) is 8.66. The van der Waals surface area contributed by atoms with Crippen molar-refractivity contribution in [2.24, 2.45) is 5.92 Å². The van der Waals surface area contributed by atoms with E-state index in [-0.39, 0.29) is 0 Å². The number of aromatic nitrogens is 1. The van der Waals surface area contributed by atoms with E-state index in [2.05, 4.69) is 28.0 Å². The zero-order valence-electron chi connectivity index (χ0n) is 10.2. The van der Waals surface area contributed by atoms with Crippen LogP contribution < -0.4 is 5.73 Å². The van der Waals surface area contributed by atoms with Crippen LogP contribution in [0.3, 0.4) is 0 Å². The van der Waals surface area contributed by atoms with Gasteiger partial charge in [0.25, 0.3) is 0 Å². The van der Waals surface area contributed by atoms with Crippen molar-refractivity contribution in [3.05, 3.63) is 34.5 Å². The molecule has 0 amide bonds.